The molecule has 0 aliphatic carbocycles. The summed E-state index contributed by atoms with van der Waals surface area (Å²) in [5.74, 6) is 0. The zero-order chi connectivity index (χ0) is 13.6. The molecule has 0 atom stereocenters. The van der Waals surface area contributed by atoms with Crippen molar-refractivity contribution in [1.29, 1.82) is 5.26 Å². The highest BCUT2D eigenvalue weighted by Crippen LogP contribution is 2.21. The minimum atomic E-state index is -0.211. The molecule has 3 heteroatoms. The van der Waals surface area contributed by atoms with Gasteiger partial charge in [0.05, 0.1) is 11.5 Å². The third-order valence-electron chi connectivity index (χ3n) is 2.99. The molecule has 0 radical (unpaired) electrons. The lowest BCUT2D eigenvalue weighted by Crippen LogP contribution is -2.20. The molecule has 0 amide bonds. The number of hydrogen-bond donors (Lipinski definition) is 0. The lowest BCUT2D eigenvalue weighted by Gasteiger charge is -2.20. The molecule has 0 spiro atoms. The fourth-order valence-corrected chi connectivity index (χ4v) is 2.09. The second kappa shape index (κ2) is 6.78. The first-order valence-corrected chi connectivity index (χ1v) is 6.65. The summed E-state index contributed by atoms with van der Waals surface area (Å²) in [7, 11) is 2.10. The zero-order valence-corrected chi connectivity index (χ0v) is 12.2. The van der Waals surface area contributed by atoms with Gasteiger partial charge in [-0.15, -0.1) is 0 Å². The minimum absolute atomic E-state index is 0.211. The van der Waals surface area contributed by atoms with Gasteiger partial charge in [-0.25, -0.2) is 0 Å². The van der Waals surface area contributed by atoms with E-state index in [4.69, 9.17) is 16.9 Å². The lowest BCUT2D eigenvalue weighted by molar-refractivity contribution is 0.298. The van der Waals surface area contributed by atoms with E-state index in [0.29, 0.717) is 0 Å². The summed E-state index contributed by atoms with van der Waals surface area (Å²) in [6, 6.07) is 10.3. The third-order valence-corrected chi connectivity index (χ3v) is 3.22. The van der Waals surface area contributed by atoms with Gasteiger partial charge in [-0.1, -0.05) is 23.7 Å². The number of rotatable bonds is 6. The summed E-state index contributed by atoms with van der Waals surface area (Å²) in [6.07, 6.45) is 1.97. The van der Waals surface area contributed by atoms with Gasteiger partial charge >= 0.3 is 0 Å². The molecule has 0 N–H and O–H groups in total. The largest absolute Gasteiger partial charge is 0.302 e. The predicted molar refractivity (Wildman–Crippen MR) is 76.4 cm³/mol. The molecule has 1 aromatic rings. The van der Waals surface area contributed by atoms with Crippen LogP contribution in [-0.4, -0.2) is 18.5 Å². The zero-order valence-electron chi connectivity index (χ0n) is 11.4. The van der Waals surface area contributed by atoms with Crippen LogP contribution in [0.4, 0.5) is 0 Å². The monoisotopic (exact) mass is 264 g/mol. The van der Waals surface area contributed by atoms with Crippen LogP contribution in [0.1, 0.15) is 32.3 Å². The van der Waals surface area contributed by atoms with Crippen LogP contribution < -0.4 is 0 Å². The van der Waals surface area contributed by atoms with E-state index < -0.39 is 0 Å². The molecule has 0 unspecified atom stereocenters. The van der Waals surface area contributed by atoms with Gasteiger partial charge in [0.15, 0.2) is 0 Å². The Hall–Kier alpha value is -1.04. The highest BCUT2D eigenvalue weighted by atomic mass is 35.5. The number of benzene rings is 1. The van der Waals surface area contributed by atoms with E-state index in [1.54, 1.807) is 0 Å². The van der Waals surface area contributed by atoms with Crippen LogP contribution in [0.2, 0.25) is 5.02 Å². The standard InChI is InChI=1S/C15H21ClN2/c1-15(2,12-17)8-5-9-18(3)11-13-6-4-7-14(16)10-13/h4,6-7,10H,5,8-9,11H2,1-3H3. The second-order valence-corrected chi connectivity index (χ2v) is 5.90. The van der Waals surface area contributed by atoms with Gasteiger partial charge in [0, 0.05) is 11.6 Å². The Bertz CT molecular complexity index is 421. The Morgan fingerprint density at radius 1 is 1.39 bits per heavy atom. The topological polar surface area (TPSA) is 27.0 Å². The first-order chi connectivity index (χ1) is 8.43. The van der Waals surface area contributed by atoms with Crippen molar-refractivity contribution in [3.63, 3.8) is 0 Å². The molecule has 1 rings (SSSR count). The van der Waals surface area contributed by atoms with E-state index >= 15 is 0 Å². The van der Waals surface area contributed by atoms with Crippen LogP contribution in [0.15, 0.2) is 24.3 Å². The fraction of sp³-hybridized carbons (Fsp3) is 0.533. The number of hydrogen-bond acceptors (Lipinski definition) is 2. The molecule has 0 aliphatic heterocycles. The van der Waals surface area contributed by atoms with E-state index in [9.17, 15) is 0 Å². The first kappa shape index (κ1) is 15.0. The van der Waals surface area contributed by atoms with Crippen molar-refractivity contribution in [3.8, 4) is 6.07 Å². The molecular weight excluding hydrogens is 244 g/mol. The Labute approximate surface area is 115 Å². The predicted octanol–water partition coefficient (Wildman–Crippen LogP) is 4.10. The summed E-state index contributed by atoms with van der Waals surface area (Å²) in [5.41, 5.74) is 1.02. The maximum atomic E-state index is 8.95. The maximum absolute atomic E-state index is 8.95. The minimum Gasteiger partial charge on any atom is -0.302 e. The normalized spacial score (nSPS) is 11.6. The van der Waals surface area contributed by atoms with Gasteiger partial charge in [0.2, 0.25) is 0 Å². The highest BCUT2D eigenvalue weighted by Gasteiger charge is 2.15. The van der Waals surface area contributed by atoms with Crippen molar-refractivity contribution in [3.05, 3.63) is 34.9 Å². The second-order valence-electron chi connectivity index (χ2n) is 5.47. The summed E-state index contributed by atoms with van der Waals surface area (Å²) < 4.78 is 0. The van der Waals surface area contributed by atoms with Crippen LogP contribution in [0.25, 0.3) is 0 Å². The first-order valence-electron chi connectivity index (χ1n) is 6.27. The van der Waals surface area contributed by atoms with Crippen LogP contribution in [0, 0.1) is 16.7 Å². The van der Waals surface area contributed by atoms with Gasteiger partial charge in [-0.05, 0) is 58.0 Å². The average molecular weight is 265 g/mol. The average Bonchev–Trinajstić information content (AvgIpc) is 2.28. The van der Waals surface area contributed by atoms with E-state index in [0.717, 1.165) is 31.0 Å². The number of nitriles is 1. The van der Waals surface area contributed by atoms with Crippen molar-refractivity contribution in [2.45, 2.75) is 33.2 Å². The molecule has 0 saturated heterocycles. The number of halogens is 1. The smallest absolute Gasteiger partial charge is 0.0683 e. The van der Waals surface area contributed by atoms with Crippen LogP contribution >= 0.6 is 11.6 Å². The van der Waals surface area contributed by atoms with Crippen LogP contribution in [0.5, 0.6) is 0 Å². The van der Waals surface area contributed by atoms with E-state index in [2.05, 4.69) is 24.1 Å². The molecule has 0 bridgehead atoms. The molecule has 18 heavy (non-hydrogen) atoms. The van der Waals surface area contributed by atoms with Gasteiger partial charge in [0.1, 0.15) is 0 Å². The van der Waals surface area contributed by atoms with Gasteiger partial charge in [-0.2, -0.15) is 5.26 Å². The Kier molecular flexibility index (Phi) is 5.65. The molecule has 0 heterocycles. The third kappa shape index (κ3) is 5.53. The molecule has 0 saturated carbocycles. The molecule has 0 fully saturated rings. The Morgan fingerprint density at radius 2 is 2.11 bits per heavy atom. The summed E-state index contributed by atoms with van der Waals surface area (Å²) in [5, 5.41) is 9.73. The fourth-order valence-electron chi connectivity index (χ4n) is 1.87. The van der Waals surface area contributed by atoms with Crippen molar-refractivity contribution in [2.75, 3.05) is 13.6 Å². The van der Waals surface area contributed by atoms with Gasteiger partial charge in [0.25, 0.3) is 0 Å². The van der Waals surface area contributed by atoms with Gasteiger partial charge in [-0.3, -0.25) is 0 Å². The van der Waals surface area contributed by atoms with Crippen LogP contribution in [0.3, 0.4) is 0 Å². The van der Waals surface area contributed by atoms with Gasteiger partial charge < -0.3 is 4.90 Å². The Morgan fingerprint density at radius 3 is 2.72 bits per heavy atom. The summed E-state index contributed by atoms with van der Waals surface area (Å²) in [4.78, 5) is 2.26. The molecular formula is C15H21ClN2. The highest BCUT2D eigenvalue weighted by molar-refractivity contribution is 6.30. The number of nitrogens with zero attached hydrogens (tertiary/aromatic N) is 2. The molecule has 98 valence electrons. The summed E-state index contributed by atoms with van der Waals surface area (Å²) >= 11 is 5.96. The van der Waals surface area contributed by atoms with Crippen molar-refractivity contribution >= 4 is 11.6 Å². The lowest BCUT2D eigenvalue weighted by atomic mass is 9.90. The van der Waals surface area contributed by atoms with E-state index in [-0.39, 0.29) is 5.41 Å². The molecule has 0 aliphatic rings. The van der Waals surface area contributed by atoms with Crippen LogP contribution in [-0.2, 0) is 6.54 Å². The van der Waals surface area contributed by atoms with Crippen molar-refractivity contribution < 1.29 is 0 Å². The van der Waals surface area contributed by atoms with Crippen molar-refractivity contribution in [2.24, 2.45) is 5.41 Å². The maximum Gasteiger partial charge on any atom is 0.0683 e. The summed E-state index contributed by atoms with van der Waals surface area (Å²) in [6.45, 7) is 5.87. The molecule has 1 aromatic carbocycles. The van der Waals surface area contributed by atoms with Crippen molar-refractivity contribution in [1.82, 2.24) is 4.90 Å². The SMILES string of the molecule is CN(CCCC(C)(C)C#N)Cc1cccc(Cl)c1. The molecule has 0 aromatic heterocycles. The van der Waals surface area contributed by atoms with E-state index in [1.807, 2.05) is 32.0 Å². The molecule has 2 nitrogen and oxygen atoms in total. The quantitative estimate of drug-likeness (QED) is 0.773. The van der Waals surface area contributed by atoms with E-state index in [1.165, 1.54) is 5.56 Å². The Balaban J connectivity index is 2.35.